The molecule has 2 aliphatic heterocycles. The highest BCUT2D eigenvalue weighted by atomic mass is 32.2. The molecule has 4 heteroatoms. The smallest absolute Gasteiger partial charge is 0.160 e. The van der Waals surface area contributed by atoms with Gasteiger partial charge in [-0.3, -0.25) is 4.99 Å². The lowest BCUT2D eigenvalue weighted by atomic mass is 10.1. The molecule has 0 aromatic heterocycles. The van der Waals surface area contributed by atoms with Gasteiger partial charge in [0.2, 0.25) is 0 Å². The van der Waals surface area contributed by atoms with Crippen LogP contribution >= 0.6 is 11.8 Å². The molecule has 2 heterocycles. The lowest BCUT2D eigenvalue weighted by Gasteiger charge is -2.13. The van der Waals surface area contributed by atoms with E-state index in [9.17, 15) is 0 Å². The first-order valence-corrected chi connectivity index (χ1v) is 7.03. The second-order valence-corrected chi connectivity index (χ2v) is 5.29. The highest BCUT2D eigenvalue weighted by Crippen LogP contribution is 2.32. The number of ether oxygens (including phenoxy) is 1. The molecule has 3 rings (SSSR count). The monoisotopic (exact) mass is 248 g/mol. The fourth-order valence-corrected chi connectivity index (χ4v) is 3.28. The van der Waals surface area contributed by atoms with Crippen molar-refractivity contribution in [1.29, 1.82) is 0 Å². The zero-order chi connectivity index (χ0) is 11.7. The SMILES string of the molecule is CCOc1ccc([C@H]2CN3CCSC3=N2)cc1. The van der Waals surface area contributed by atoms with Crippen LogP contribution in [0.5, 0.6) is 5.75 Å². The Labute approximate surface area is 106 Å². The Bertz CT molecular complexity index is 430. The Morgan fingerprint density at radius 3 is 2.94 bits per heavy atom. The standard InChI is InChI=1S/C13H16N2OS/c1-2-16-11-5-3-10(4-6-11)12-9-15-7-8-17-13(15)14-12/h3-6,12H,2,7-9H2,1H3/t12-/m1/s1. The van der Waals surface area contributed by atoms with E-state index in [1.165, 1.54) is 16.5 Å². The van der Waals surface area contributed by atoms with Crippen LogP contribution < -0.4 is 4.74 Å². The lowest BCUT2D eigenvalue weighted by molar-refractivity contribution is 0.340. The molecule has 2 aliphatic rings. The number of aliphatic imine (C=N–C) groups is 1. The third-order valence-corrected chi connectivity index (χ3v) is 4.11. The summed E-state index contributed by atoms with van der Waals surface area (Å²) in [6.07, 6.45) is 0. The second kappa shape index (κ2) is 4.61. The molecule has 90 valence electrons. The number of nitrogens with zero attached hydrogens (tertiary/aromatic N) is 2. The summed E-state index contributed by atoms with van der Waals surface area (Å²) < 4.78 is 5.45. The van der Waals surface area contributed by atoms with E-state index in [2.05, 4.69) is 17.0 Å². The van der Waals surface area contributed by atoms with Crippen molar-refractivity contribution in [2.45, 2.75) is 13.0 Å². The van der Waals surface area contributed by atoms with Crippen LogP contribution in [-0.4, -0.2) is 35.5 Å². The van der Waals surface area contributed by atoms with Gasteiger partial charge in [-0.15, -0.1) is 0 Å². The van der Waals surface area contributed by atoms with E-state index in [1.54, 1.807) is 0 Å². The minimum Gasteiger partial charge on any atom is -0.494 e. The highest BCUT2D eigenvalue weighted by molar-refractivity contribution is 8.14. The molecule has 1 saturated heterocycles. The second-order valence-electron chi connectivity index (χ2n) is 4.22. The molecule has 0 N–H and O–H groups in total. The maximum atomic E-state index is 5.45. The molecule has 0 radical (unpaired) electrons. The average Bonchev–Trinajstić information content (AvgIpc) is 2.90. The van der Waals surface area contributed by atoms with Crippen molar-refractivity contribution in [2.75, 3.05) is 25.4 Å². The Morgan fingerprint density at radius 2 is 2.24 bits per heavy atom. The van der Waals surface area contributed by atoms with Gasteiger partial charge in [0.05, 0.1) is 12.6 Å². The summed E-state index contributed by atoms with van der Waals surface area (Å²) in [7, 11) is 0. The Morgan fingerprint density at radius 1 is 1.41 bits per heavy atom. The van der Waals surface area contributed by atoms with Crippen LogP contribution in [0.25, 0.3) is 0 Å². The van der Waals surface area contributed by atoms with E-state index >= 15 is 0 Å². The summed E-state index contributed by atoms with van der Waals surface area (Å²) in [4.78, 5) is 7.14. The minimum absolute atomic E-state index is 0.313. The molecular weight excluding hydrogens is 232 g/mol. The number of amidine groups is 1. The van der Waals surface area contributed by atoms with Crippen molar-refractivity contribution >= 4 is 16.9 Å². The van der Waals surface area contributed by atoms with Crippen LogP contribution in [0, 0.1) is 0 Å². The van der Waals surface area contributed by atoms with E-state index in [-0.39, 0.29) is 0 Å². The Hall–Kier alpha value is -1.16. The third-order valence-electron chi connectivity index (χ3n) is 3.10. The van der Waals surface area contributed by atoms with Gasteiger partial charge in [0.15, 0.2) is 5.17 Å². The van der Waals surface area contributed by atoms with Crippen molar-refractivity contribution in [2.24, 2.45) is 4.99 Å². The van der Waals surface area contributed by atoms with Gasteiger partial charge in [0.1, 0.15) is 5.75 Å². The van der Waals surface area contributed by atoms with Gasteiger partial charge in [-0.2, -0.15) is 0 Å². The summed E-state index contributed by atoms with van der Waals surface area (Å²) in [6, 6.07) is 8.65. The predicted molar refractivity (Wildman–Crippen MR) is 71.8 cm³/mol. The van der Waals surface area contributed by atoms with Crippen molar-refractivity contribution in [1.82, 2.24) is 4.90 Å². The average molecular weight is 248 g/mol. The summed E-state index contributed by atoms with van der Waals surface area (Å²) in [6.45, 7) is 4.91. The van der Waals surface area contributed by atoms with E-state index < -0.39 is 0 Å². The molecule has 0 bridgehead atoms. The third kappa shape index (κ3) is 2.14. The van der Waals surface area contributed by atoms with Gasteiger partial charge >= 0.3 is 0 Å². The fraction of sp³-hybridized carbons (Fsp3) is 0.462. The van der Waals surface area contributed by atoms with Crippen molar-refractivity contribution in [3.63, 3.8) is 0 Å². The van der Waals surface area contributed by atoms with E-state index in [4.69, 9.17) is 9.73 Å². The van der Waals surface area contributed by atoms with Crippen LogP contribution in [0.3, 0.4) is 0 Å². The van der Waals surface area contributed by atoms with Crippen molar-refractivity contribution in [3.8, 4) is 5.75 Å². The molecule has 0 saturated carbocycles. The van der Waals surface area contributed by atoms with Crippen LogP contribution in [0.4, 0.5) is 0 Å². The largest absolute Gasteiger partial charge is 0.494 e. The number of benzene rings is 1. The normalized spacial score (nSPS) is 22.5. The fourth-order valence-electron chi connectivity index (χ4n) is 2.24. The molecule has 1 aromatic carbocycles. The predicted octanol–water partition coefficient (Wildman–Crippen LogP) is 2.54. The van der Waals surface area contributed by atoms with Gasteiger partial charge in [-0.25, -0.2) is 0 Å². The maximum Gasteiger partial charge on any atom is 0.160 e. The van der Waals surface area contributed by atoms with Crippen LogP contribution in [-0.2, 0) is 0 Å². The molecule has 1 atom stereocenters. The van der Waals surface area contributed by atoms with Gasteiger partial charge < -0.3 is 9.64 Å². The first-order chi connectivity index (χ1) is 8.36. The van der Waals surface area contributed by atoms with Crippen molar-refractivity contribution < 1.29 is 4.74 Å². The van der Waals surface area contributed by atoms with Crippen LogP contribution in [0.15, 0.2) is 29.3 Å². The van der Waals surface area contributed by atoms with Crippen LogP contribution in [0.1, 0.15) is 18.5 Å². The van der Waals surface area contributed by atoms with Gasteiger partial charge in [-0.05, 0) is 24.6 Å². The summed E-state index contributed by atoms with van der Waals surface area (Å²) in [5, 5.41) is 1.23. The molecule has 1 fully saturated rings. The topological polar surface area (TPSA) is 24.8 Å². The number of hydrogen-bond donors (Lipinski definition) is 0. The number of hydrogen-bond acceptors (Lipinski definition) is 4. The summed E-state index contributed by atoms with van der Waals surface area (Å²) in [5.74, 6) is 2.13. The molecular formula is C13H16N2OS. The summed E-state index contributed by atoms with van der Waals surface area (Å²) >= 11 is 1.87. The number of thioether (sulfide) groups is 1. The minimum atomic E-state index is 0.313. The lowest BCUT2D eigenvalue weighted by Crippen LogP contribution is -2.21. The highest BCUT2D eigenvalue weighted by Gasteiger charge is 2.29. The van der Waals surface area contributed by atoms with Crippen LogP contribution in [0.2, 0.25) is 0 Å². The van der Waals surface area contributed by atoms with E-state index in [0.29, 0.717) is 6.04 Å². The van der Waals surface area contributed by atoms with Gasteiger partial charge in [0.25, 0.3) is 0 Å². The Balaban J connectivity index is 1.75. The number of fused-ring (bicyclic) bond motifs is 1. The first kappa shape index (κ1) is 11.0. The first-order valence-electron chi connectivity index (χ1n) is 6.05. The quantitative estimate of drug-likeness (QED) is 0.822. The molecule has 3 nitrogen and oxygen atoms in total. The number of rotatable bonds is 3. The molecule has 0 aliphatic carbocycles. The van der Waals surface area contributed by atoms with Gasteiger partial charge in [-0.1, -0.05) is 23.9 Å². The zero-order valence-corrected chi connectivity index (χ0v) is 10.7. The summed E-state index contributed by atoms with van der Waals surface area (Å²) in [5.41, 5.74) is 1.29. The van der Waals surface area contributed by atoms with Gasteiger partial charge in [0, 0.05) is 18.8 Å². The van der Waals surface area contributed by atoms with E-state index in [1.807, 2.05) is 30.8 Å². The zero-order valence-electron chi connectivity index (χ0n) is 9.93. The molecule has 0 amide bonds. The molecule has 1 aromatic rings. The van der Waals surface area contributed by atoms with E-state index in [0.717, 1.165) is 25.4 Å². The Kier molecular flexibility index (Phi) is 2.97. The molecule has 17 heavy (non-hydrogen) atoms. The van der Waals surface area contributed by atoms with Crippen molar-refractivity contribution in [3.05, 3.63) is 29.8 Å². The molecule has 0 unspecified atom stereocenters. The molecule has 0 spiro atoms. The maximum absolute atomic E-state index is 5.45.